The molecule has 2 heterocycles. The predicted octanol–water partition coefficient (Wildman–Crippen LogP) is 1.89. The Morgan fingerprint density at radius 1 is 1.26 bits per heavy atom. The van der Waals surface area contributed by atoms with Crippen LogP contribution >= 0.6 is 0 Å². The summed E-state index contributed by atoms with van der Waals surface area (Å²) in [6.07, 6.45) is 2.32. The molecule has 0 fully saturated rings. The Morgan fingerprint density at radius 3 is 2.79 bits per heavy atom. The number of benzene rings is 1. The van der Waals surface area contributed by atoms with E-state index in [2.05, 4.69) is 19.7 Å². The van der Waals surface area contributed by atoms with Crippen LogP contribution in [0.3, 0.4) is 0 Å². The molecule has 0 N–H and O–H groups in total. The highest BCUT2D eigenvalue weighted by Gasteiger charge is 2.17. The van der Waals surface area contributed by atoms with E-state index in [0.717, 1.165) is 36.7 Å². The summed E-state index contributed by atoms with van der Waals surface area (Å²) in [5, 5.41) is 8.03. The van der Waals surface area contributed by atoms with E-state index in [1.54, 1.807) is 6.33 Å². The van der Waals surface area contributed by atoms with Crippen LogP contribution in [0.2, 0.25) is 0 Å². The summed E-state index contributed by atoms with van der Waals surface area (Å²) >= 11 is 0. The number of ketones is 1. The lowest BCUT2D eigenvalue weighted by atomic mass is 10.1. The summed E-state index contributed by atoms with van der Waals surface area (Å²) in [6, 6.07) is 7.82. The van der Waals surface area contributed by atoms with Gasteiger partial charge in [-0.05, 0) is 24.3 Å². The Bertz CT molecular complexity index is 588. The molecule has 0 bridgehead atoms. The molecular weight excluding hydrogens is 240 g/mol. The topological polar surface area (TPSA) is 51.0 Å². The van der Waals surface area contributed by atoms with Gasteiger partial charge < -0.3 is 9.47 Å². The Labute approximate surface area is 111 Å². The molecule has 0 atom stereocenters. The van der Waals surface area contributed by atoms with Crippen LogP contribution in [0.4, 0.5) is 5.69 Å². The number of anilines is 1. The Balaban J connectivity index is 1.79. The second kappa shape index (κ2) is 4.84. The largest absolute Gasteiger partial charge is 0.362 e. The molecule has 3 rings (SSSR count). The highest BCUT2D eigenvalue weighted by Crippen LogP contribution is 2.20. The monoisotopic (exact) mass is 256 g/mol. The molecule has 1 aliphatic heterocycles. The van der Waals surface area contributed by atoms with Crippen LogP contribution in [0, 0.1) is 0 Å². The fourth-order valence-electron chi connectivity index (χ4n) is 2.35. The standard InChI is InChI=1S/C14H16N4O/c1-2-13(19)11-3-5-12(6-4-11)17-7-8-18-10-15-16-14(18)9-17/h3-6,10H,2,7-9H2,1H3. The molecule has 2 aromatic rings. The van der Waals surface area contributed by atoms with Gasteiger partial charge in [0.05, 0.1) is 6.54 Å². The van der Waals surface area contributed by atoms with Gasteiger partial charge >= 0.3 is 0 Å². The van der Waals surface area contributed by atoms with Gasteiger partial charge in [-0.15, -0.1) is 10.2 Å². The molecule has 98 valence electrons. The van der Waals surface area contributed by atoms with Gasteiger partial charge in [-0.3, -0.25) is 4.79 Å². The number of hydrogen-bond acceptors (Lipinski definition) is 4. The number of Topliss-reactive ketones (excluding diaryl/α,β-unsaturated/α-hetero) is 1. The van der Waals surface area contributed by atoms with Gasteiger partial charge in [0.15, 0.2) is 11.6 Å². The SMILES string of the molecule is CCC(=O)c1ccc(N2CCn3cnnc3C2)cc1. The van der Waals surface area contributed by atoms with E-state index in [-0.39, 0.29) is 5.78 Å². The van der Waals surface area contributed by atoms with Crippen LogP contribution in [-0.2, 0) is 13.1 Å². The van der Waals surface area contributed by atoms with Crippen molar-refractivity contribution in [3.05, 3.63) is 42.0 Å². The lowest BCUT2D eigenvalue weighted by Crippen LogP contribution is -2.33. The molecule has 19 heavy (non-hydrogen) atoms. The number of nitrogens with zero attached hydrogens (tertiary/aromatic N) is 4. The van der Waals surface area contributed by atoms with E-state index >= 15 is 0 Å². The summed E-state index contributed by atoms with van der Waals surface area (Å²) in [7, 11) is 0. The lowest BCUT2D eigenvalue weighted by Gasteiger charge is -2.29. The van der Waals surface area contributed by atoms with Crippen molar-refractivity contribution in [1.82, 2.24) is 14.8 Å². The molecule has 0 amide bonds. The number of fused-ring (bicyclic) bond motifs is 1. The third kappa shape index (κ3) is 2.23. The van der Waals surface area contributed by atoms with Crippen molar-refractivity contribution in [3.8, 4) is 0 Å². The first-order valence-corrected chi connectivity index (χ1v) is 6.53. The van der Waals surface area contributed by atoms with Gasteiger partial charge in [-0.1, -0.05) is 6.92 Å². The first-order valence-electron chi connectivity index (χ1n) is 6.53. The van der Waals surface area contributed by atoms with Crippen molar-refractivity contribution in [2.45, 2.75) is 26.4 Å². The molecule has 5 heteroatoms. The second-order valence-electron chi connectivity index (χ2n) is 4.69. The van der Waals surface area contributed by atoms with Crippen molar-refractivity contribution < 1.29 is 4.79 Å². The van der Waals surface area contributed by atoms with Gasteiger partial charge in [0, 0.05) is 30.8 Å². The normalized spacial score (nSPS) is 14.3. The van der Waals surface area contributed by atoms with Crippen LogP contribution < -0.4 is 4.90 Å². The first kappa shape index (κ1) is 11.9. The highest BCUT2D eigenvalue weighted by molar-refractivity contribution is 5.96. The van der Waals surface area contributed by atoms with Crippen LogP contribution in [0.1, 0.15) is 29.5 Å². The van der Waals surface area contributed by atoms with E-state index in [9.17, 15) is 4.79 Å². The molecule has 5 nitrogen and oxygen atoms in total. The maximum atomic E-state index is 11.6. The van der Waals surface area contributed by atoms with Crippen LogP contribution in [0.25, 0.3) is 0 Å². The zero-order valence-electron chi connectivity index (χ0n) is 10.9. The van der Waals surface area contributed by atoms with Crippen molar-refractivity contribution in [2.24, 2.45) is 0 Å². The van der Waals surface area contributed by atoms with E-state index in [1.807, 2.05) is 31.2 Å². The van der Waals surface area contributed by atoms with Crippen molar-refractivity contribution in [2.75, 3.05) is 11.4 Å². The number of aromatic nitrogens is 3. The van der Waals surface area contributed by atoms with Crippen LogP contribution in [0.5, 0.6) is 0 Å². The van der Waals surface area contributed by atoms with E-state index in [1.165, 1.54) is 0 Å². The molecule has 0 radical (unpaired) electrons. The zero-order valence-corrected chi connectivity index (χ0v) is 10.9. The molecule has 0 unspecified atom stereocenters. The average Bonchev–Trinajstić information content (AvgIpc) is 2.94. The van der Waals surface area contributed by atoms with Gasteiger partial charge in [0.1, 0.15) is 6.33 Å². The van der Waals surface area contributed by atoms with Gasteiger partial charge in [-0.25, -0.2) is 0 Å². The average molecular weight is 256 g/mol. The molecule has 0 saturated heterocycles. The third-order valence-corrected chi connectivity index (χ3v) is 3.51. The maximum Gasteiger partial charge on any atom is 0.162 e. The molecule has 1 aromatic heterocycles. The minimum Gasteiger partial charge on any atom is -0.362 e. The van der Waals surface area contributed by atoms with E-state index in [0.29, 0.717) is 6.42 Å². The molecular formula is C14H16N4O. The van der Waals surface area contributed by atoms with Crippen molar-refractivity contribution in [1.29, 1.82) is 0 Å². The minimum atomic E-state index is 0.185. The quantitative estimate of drug-likeness (QED) is 0.787. The van der Waals surface area contributed by atoms with Crippen LogP contribution in [0.15, 0.2) is 30.6 Å². The smallest absolute Gasteiger partial charge is 0.162 e. The highest BCUT2D eigenvalue weighted by atomic mass is 16.1. The van der Waals surface area contributed by atoms with Crippen molar-refractivity contribution >= 4 is 11.5 Å². The minimum absolute atomic E-state index is 0.185. The summed E-state index contributed by atoms with van der Waals surface area (Å²) in [4.78, 5) is 13.8. The van der Waals surface area contributed by atoms with Gasteiger partial charge in [-0.2, -0.15) is 0 Å². The van der Waals surface area contributed by atoms with E-state index in [4.69, 9.17) is 0 Å². The summed E-state index contributed by atoms with van der Waals surface area (Å²) in [5.74, 6) is 1.17. The van der Waals surface area contributed by atoms with Crippen molar-refractivity contribution in [3.63, 3.8) is 0 Å². The van der Waals surface area contributed by atoms with Gasteiger partial charge in [0.2, 0.25) is 0 Å². The Hall–Kier alpha value is -2.17. The van der Waals surface area contributed by atoms with Crippen LogP contribution in [-0.4, -0.2) is 27.1 Å². The summed E-state index contributed by atoms with van der Waals surface area (Å²) < 4.78 is 2.07. The van der Waals surface area contributed by atoms with E-state index < -0.39 is 0 Å². The number of carbonyl (C=O) groups is 1. The number of carbonyl (C=O) groups excluding carboxylic acids is 1. The summed E-state index contributed by atoms with van der Waals surface area (Å²) in [5.41, 5.74) is 1.91. The molecule has 1 aromatic carbocycles. The Morgan fingerprint density at radius 2 is 2.05 bits per heavy atom. The Kier molecular flexibility index (Phi) is 3.03. The second-order valence-corrected chi connectivity index (χ2v) is 4.69. The molecule has 1 aliphatic rings. The number of hydrogen-bond donors (Lipinski definition) is 0. The maximum absolute atomic E-state index is 11.6. The lowest BCUT2D eigenvalue weighted by molar-refractivity contribution is 0.0988. The third-order valence-electron chi connectivity index (χ3n) is 3.51. The summed E-state index contributed by atoms with van der Waals surface area (Å²) in [6.45, 7) is 4.48. The predicted molar refractivity (Wildman–Crippen MR) is 72.1 cm³/mol. The number of rotatable bonds is 3. The first-order chi connectivity index (χ1) is 9.28. The fraction of sp³-hybridized carbons (Fsp3) is 0.357. The van der Waals surface area contributed by atoms with Gasteiger partial charge in [0.25, 0.3) is 0 Å². The molecule has 0 saturated carbocycles. The molecule has 0 spiro atoms. The molecule has 0 aliphatic carbocycles. The zero-order chi connectivity index (χ0) is 13.2. The fourth-order valence-corrected chi connectivity index (χ4v) is 2.35.